The van der Waals surface area contributed by atoms with Crippen molar-refractivity contribution < 1.29 is 24.1 Å². The van der Waals surface area contributed by atoms with E-state index in [0.29, 0.717) is 35.8 Å². The lowest BCUT2D eigenvalue weighted by atomic mass is 9.93. The zero-order valence-electron chi connectivity index (χ0n) is 16.4. The molecule has 156 valence electrons. The number of aryl methyl sites for hydroxylation is 1. The first-order valence-corrected chi connectivity index (χ1v) is 10.1. The van der Waals surface area contributed by atoms with Gasteiger partial charge in [0.25, 0.3) is 5.56 Å². The first-order valence-electron chi connectivity index (χ1n) is 10.1. The molecule has 2 fully saturated rings. The van der Waals surface area contributed by atoms with E-state index in [-0.39, 0.29) is 18.3 Å². The maximum absolute atomic E-state index is 15.1. The lowest BCUT2D eigenvalue weighted by Crippen LogP contribution is -2.35. The first-order chi connectivity index (χ1) is 13.9. The SMILES string of the molecule is Cc1c(N2CCC(CCO)CC2)c(F)cn2c(=O)c(OC(=O)O)cc(C3CC3)c12. The minimum absolute atomic E-state index is 0.169. The molecule has 0 spiro atoms. The maximum Gasteiger partial charge on any atom is 0.511 e. The van der Waals surface area contributed by atoms with Crippen LogP contribution in [-0.4, -0.2) is 40.5 Å². The number of halogens is 1. The quantitative estimate of drug-likeness (QED) is 0.743. The fourth-order valence-corrected chi connectivity index (χ4v) is 4.51. The zero-order chi connectivity index (χ0) is 20.7. The average Bonchev–Trinajstić information content (AvgIpc) is 3.50. The lowest BCUT2D eigenvalue weighted by Gasteiger charge is -2.35. The first kappa shape index (κ1) is 19.7. The van der Waals surface area contributed by atoms with Gasteiger partial charge in [0.05, 0.1) is 17.4 Å². The Kier molecular flexibility index (Phi) is 5.21. The van der Waals surface area contributed by atoms with E-state index < -0.39 is 17.5 Å². The van der Waals surface area contributed by atoms with E-state index in [1.54, 1.807) is 0 Å². The summed E-state index contributed by atoms with van der Waals surface area (Å²) in [4.78, 5) is 25.7. The molecule has 0 amide bonds. The number of aliphatic hydroxyl groups excluding tert-OH is 1. The molecule has 29 heavy (non-hydrogen) atoms. The molecule has 0 bridgehead atoms. The van der Waals surface area contributed by atoms with Gasteiger partial charge in [-0.25, -0.2) is 9.18 Å². The van der Waals surface area contributed by atoms with E-state index in [2.05, 4.69) is 4.74 Å². The number of fused-ring (bicyclic) bond motifs is 1. The molecule has 8 heteroatoms. The van der Waals surface area contributed by atoms with Crippen molar-refractivity contribution in [3.8, 4) is 5.75 Å². The van der Waals surface area contributed by atoms with E-state index >= 15 is 4.39 Å². The largest absolute Gasteiger partial charge is 0.511 e. The van der Waals surface area contributed by atoms with E-state index in [9.17, 15) is 9.59 Å². The second-order valence-corrected chi connectivity index (χ2v) is 8.02. The number of piperidine rings is 1. The second-order valence-electron chi connectivity index (χ2n) is 8.02. The lowest BCUT2D eigenvalue weighted by molar-refractivity contribution is 0.143. The summed E-state index contributed by atoms with van der Waals surface area (Å²) in [5.74, 6) is -0.144. The van der Waals surface area contributed by atoms with E-state index in [1.807, 2.05) is 11.8 Å². The number of hydrogen-bond acceptors (Lipinski definition) is 5. The van der Waals surface area contributed by atoms with Gasteiger partial charge in [-0.3, -0.25) is 9.20 Å². The number of hydrogen-bond donors (Lipinski definition) is 2. The van der Waals surface area contributed by atoms with Crippen molar-refractivity contribution in [3.63, 3.8) is 0 Å². The molecule has 7 nitrogen and oxygen atoms in total. The summed E-state index contributed by atoms with van der Waals surface area (Å²) in [5, 5.41) is 18.1. The average molecular weight is 404 g/mol. The summed E-state index contributed by atoms with van der Waals surface area (Å²) in [6.45, 7) is 3.38. The summed E-state index contributed by atoms with van der Waals surface area (Å²) in [6, 6.07) is 1.51. The van der Waals surface area contributed by atoms with Crippen molar-refractivity contribution in [1.82, 2.24) is 4.40 Å². The van der Waals surface area contributed by atoms with Crippen molar-refractivity contribution in [2.45, 2.75) is 44.9 Å². The van der Waals surface area contributed by atoms with Crippen molar-refractivity contribution >= 4 is 17.4 Å². The molecule has 0 atom stereocenters. The van der Waals surface area contributed by atoms with Crippen LogP contribution in [0.25, 0.3) is 5.52 Å². The zero-order valence-corrected chi connectivity index (χ0v) is 16.4. The fraction of sp³-hybridized carbons (Fsp3) is 0.524. The van der Waals surface area contributed by atoms with Crippen LogP contribution in [0.15, 0.2) is 17.1 Å². The third-order valence-electron chi connectivity index (χ3n) is 6.09. The highest BCUT2D eigenvalue weighted by Crippen LogP contribution is 2.44. The van der Waals surface area contributed by atoms with Crippen LogP contribution in [-0.2, 0) is 0 Å². The van der Waals surface area contributed by atoms with Crippen LogP contribution >= 0.6 is 0 Å². The van der Waals surface area contributed by atoms with Gasteiger partial charge in [0.2, 0.25) is 0 Å². The molecule has 2 aromatic rings. The molecule has 1 saturated carbocycles. The second kappa shape index (κ2) is 7.67. The van der Waals surface area contributed by atoms with Crippen LogP contribution in [0.2, 0.25) is 0 Å². The summed E-state index contributed by atoms with van der Waals surface area (Å²) in [6.07, 6.45) is 4.01. The van der Waals surface area contributed by atoms with Crippen molar-refractivity contribution in [1.29, 1.82) is 0 Å². The summed E-state index contributed by atoms with van der Waals surface area (Å²) in [7, 11) is 0. The highest BCUT2D eigenvalue weighted by atomic mass is 19.1. The Balaban J connectivity index is 1.81. The van der Waals surface area contributed by atoms with Gasteiger partial charge in [-0.1, -0.05) is 0 Å². The number of aromatic nitrogens is 1. The third kappa shape index (κ3) is 3.69. The van der Waals surface area contributed by atoms with Crippen LogP contribution < -0.4 is 15.2 Å². The Morgan fingerprint density at radius 2 is 1.97 bits per heavy atom. The molecular weight excluding hydrogens is 379 g/mol. The van der Waals surface area contributed by atoms with Crippen LogP contribution in [0, 0.1) is 18.7 Å². The molecule has 0 aromatic carbocycles. The van der Waals surface area contributed by atoms with Crippen LogP contribution in [0.3, 0.4) is 0 Å². The summed E-state index contributed by atoms with van der Waals surface area (Å²) >= 11 is 0. The molecule has 1 saturated heterocycles. The smallest absolute Gasteiger partial charge is 0.449 e. The van der Waals surface area contributed by atoms with Crippen molar-refractivity contribution in [3.05, 3.63) is 39.6 Å². The minimum Gasteiger partial charge on any atom is -0.449 e. The van der Waals surface area contributed by atoms with Gasteiger partial charge in [0.1, 0.15) is 0 Å². The van der Waals surface area contributed by atoms with Crippen molar-refractivity contribution in [2.75, 3.05) is 24.6 Å². The molecule has 1 aliphatic heterocycles. The molecular formula is C21H25FN2O5. The molecule has 4 rings (SSSR count). The molecule has 3 heterocycles. The fourth-order valence-electron chi connectivity index (χ4n) is 4.51. The number of rotatable bonds is 5. The summed E-state index contributed by atoms with van der Waals surface area (Å²) in [5.41, 5.74) is 1.98. The monoisotopic (exact) mass is 404 g/mol. The van der Waals surface area contributed by atoms with Crippen LogP contribution in [0.4, 0.5) is 14.9 Å². The number of anilines is 1. The minimum atomic E-state index is -1.57. The van der Waals surface area contributed by atoms with Gasteiger partial charge in [-0.05, 0) is 68.1 Å². The van der Waals surface area contributed by atoms with E-state index in [4.69, 9.17) is 10.2 Å². The van der Waals surface area contributed by atoms with Gasteiger partial charge in [0, 0.05) is 19.7 Å². The highest BCUT2D eigenvalue weighted by Gasteiger charge is 2.31. The predicted molar refractivity (Wildman–Crippen MR) is 106 cm³/mol. The predicted octanol–water partition coefficient (Wildman–Crippen LogP) is 3.28. The molecule has 2 aliphatic rings. The Morgan fingerprint density at radius 3 is 2.55 bits per heavy atom. The van der Waals surface area contributed by atoms with Gasteiger partial charge >= 0.3 is 6.16 Å². The number of carbonyl (C=O) groups is 1. The van der Waals surface area contributed by atoms with E-state index in [0.717, 1.165) is 43.9 Å². The maximum atomic E-state index is 15.1. The number of ether oxygens (including phenoxy) is 1. The standard InChI is InChI=1S/C21H25FN2O5/c1-12-18-15(14-2-3-14)10-17(29-21(27)28)20(26)24(18)11-16(22)19(12)23-7-4-13(5-8-23)6-9-25/h10-11,13-14,25H,2-9H2,1H3,(H,27,28). The molecule has 2 N–H and O–H groups in total. The Labute approximate surface area is 167 Å². The topological polar surface area (TPSA) is 91.5 Å². The summed E-state index contributed by atoms with van der Waals surface area (Å²) < 4.78 is 21.0. The number of carboxylic acid groups (broad SMARTS) is 1. The van der Waals surface area contributed by atoms with Crippen molar-refractivity contribution in [2.24, 2.45) is 5.92 Å². The van der Waals surface area contributed by atoms with Crippen LogP contribution in [0.1, 0.15) is 49.1 Å². The van der Waals surface area contributed by atoms with Gasteiger partial charge < -0.3 is 19.8 Å². The molecule has 0 unspecified atom stereocenters. The normalized spacial score (nSPS) is 17.7. The molecule has 1 aliphatic carbocycles. The van der Waals surface area contributed by atoms with E-state index in [1.165, 1.54) is 10.5 Å². The number of nitrogens with zero attached hydrogens (tertiary/aromatic N) is 2. The Morgan fingerprint density at radius 1 is 1.28 bits per heavy atom. The molecule has 0 radical (unpaired) electrons. The third-order valence-corrected chi connectivity index (χ3v) is 6.09. The Hall–Kier alpha value is -2.61. The van der Waals surface area contributed by atoms with Crippen LogP contribution in [0.5, 0.6) is 5.75 Å². The number of aliphatic hydroxyl groups is 1. The highest BCUT2D eigenvalue weighted by molar-refractivity contribution is 5.74. The number of pyridine rings is 2. The Bertz CT molecular complexity index is 1010. The van der Waals surface area contributed by atoms with Gasteiger partial charge in [-0.2, -0.15) is 0 Å². The molecule has 2 aromatic heterocycles. The van der Waals surface area contributed by atoms with Gasteiger partial charge in [-0.15, -0.1) is 0 Å². The van der Waals surface area contributed by atoms with Gasteiger partial charge in [0.15, 0.2) is 11.6 Å².